The number of aromatic amines is 1. The maximum Gasteiger partial charge on any atom is 0.407 e. The monoisotopic (exact) mass is 426 g/mol. The Balaban J connectivity index is 2.28. The summed E-state index contributed by atoms with van der Waals surface area (Å²) in [6.45, 7) is 12.3. The summed E-state index contributed by atoms with van der Waals surface area (Å²) in [5.74, 6) is 0.557. The molecule has 1 aromatic heterocycles. The molecule has 0 unspecified atom stereocenters. The Bertz CT molecular complexity index is 879. The highest BCUT2D eigenvalue weighted by Crippen LogP contribution is 2.32. The Morgan fingerprint density at radius 3 is 2.77 bits per heavy atom. The Kier molecular flexibility index (Phi) is 8.85. The average Bonchev–Trinajstić information content (AvgIpc) is 3.40. The molecule has 1 fully saturated rings. The van der Waals surface area contributed by atoms with Crippen molar-refractivity contribution in [2.75, 3.05) is 13.7 Å². The number of likely N-dealkylation sites (tertiary alicyclic amines) is 1. The number of hydrogen-bond donors (Lipinski definition) is 2. The minimum Gasteiger partial charge on any atom is -0.453 e. The molecule has 7 heteroatoms. The number of amides is 2. The molecule has 168 valence electrons. The van der Waals surface area contributed by atoms with Crippen molar-refractivity contribution in [1.29, 1.82) is 0 Å². The smallest absolute Gasteiger partial charge is 0.407 e. The lowest BCUT2D eigenvalue weighted by molar-refractivity contribution is -0.135. The number of ether oxygens (including phenoxy) is 1. The maximum atomic E-state index is 13.3. The van der Waals surface area contributed by atoms with Gasteiger partial charge in [-0.05, 0) is 44.3 Å². The van der Waals surface area contributed by atoms with E-state index in [-0.39, 0.29) is 17.9 Å². The van der Waals surface area contributed by atoms with E-state index >= 15 is 0 Å². The SMILES string of the molecule is C=C\C=C(/C=C(C)/C=C\C)c1cnc([C@@H]2CCCN2C(=O)[C@@H](NC(=O)OC)C(C)C)[nH]1. The zero-order chi connectivity index (χ0) is 23.0. The van der Waals surface area contributed by atoms with Crippen molar-refractivity contribution in [3.8, 4) is 0 Å². The summed E-state index contributed by atoms with van der Waals surface area (Å²) in [4.78, 5) is 34.8. The van der Waals surface area contributed by atoms with Gasteiger partial charge in [-0.3, -0.25) is 4.79 Å². The summed E-state index contributed by atoms with van der Waals surface area (Å²) < 4.78 is 4.69. The molecule has 1 aliphatic heterocycles. The molecule has 2 amide bonds. The molecule has 2 atom stereocenters. The predicted molar refractivity (Wildman–Crippen MR) is 123 cm³/mol. The van der Waals surface area contributed by atoms with Crippen molar-refractivity contribution in [3.63, 3.8) is 0 Å². The van der Waals surface area contributed by atoms with Gasteiger partial charge in [0.05, 0.1) is 25.0 Å². The fourth-order valence-corrected chi connectivity index (χ4v) is 3.74. The van der Waals surface area contributed by atoms with Crippen molar-refractivity contribution in [2.45, 2.75) is 52.6 Å². The fourth-order valence-electron chi connectivity index (χ4n) is 3.74. The van der Waals surface area contributed by atoms with Gasteiger partial charge in [0.25, 0.3) is 0 Å². The highest BCUT2D eigenvalue weighted by molar-refractivity contribution is 5.86. The van der Waals surface area contributed by atoms with E-state index in [0.717, 1.165) is 35.5 Å². The second-order valence-corrected chi connectivity index (χ2v) is 7.98. The van der Waals surface area contributed by atoms with Crippen LogP contribution in [0.2, 0.25) is 0 Å². The largest absolute Gasteiger partial charge is 0.453 e. The first-order valence-corrected chi connectivity index (χ1v) is 10.7. The number of H-pyrrole nitrogens is 1. The van der Waals surface area contributed by atoms with E-state index in [1.807, 2.05) is 45.9 Å². The zero-order valence-electron chi connectivity index (χ0n) is 19.1. The molecule has 0 bridgehead atoms. The third kappa shape index (κ3) is 6.20. The van der Waals surface area contributed by atoms with Crippen LogP contribution in [0.25, 0.3) is 5.57 Å². The Morgan fingerprint density at radius 2 is 2.16 bits per heavy atom. The minimum atomic E-state index is -0.648. The van der Waals surface area contributed by atoms with E-state index in [1.165, 1.54) is 7.11 Å². The number of methoxy groups -OCH3 is 1. The van der Waals surface area contributed by atoms with Crippen LogP contribution in [-0.2, 0) is 9.53 Å². The topological polar surface area (TPSA) is 87.3 Å². The van der Waals surface area contributed by atoms with Crippen LogP contribution >= 0.6 is 0 Å². The first-order valence-electron chi connectivity index (χ1n) is 10.7. The number of imidazole rings is 1. The molecular weight excluding hydrogens is 392 g/mol. The van der Waals surface area contributed by atoms with Gasteiger partial charge in [-0.1, -0.05) is 50.3 Å². The zero-order valence-corrected chi connectivity index (χ0v) is 19.1. The number of alkyl carbamates (subject to hydrolysis) is 1. The Hall–Kier alpha value is -3.09. The van der Waals surface area contributed by atoms with E-state index in [9.17, 15) is 9.59 Å². The lowest BCUT2D eigenvalue weighted by Crippen LogP contribution is -2.51. The molecule has 2 N–H and O–H groups in total. The average molecular weight is 427 g/mol. The molecule has 1 aliphatic rings. The molecule has 2 heterocycles. The van der Waals surface area contributed by atoms with Crippen LogP contribution in [0.3, 0.4) is 0 Å². The number of carbonyl (C=O) groups is 2. The fraction of sp³-hybridized carbons (Fsp3) is 0.458. The van der Waals surface area contributed by atoms with Crippen molar-refractivity contribution < 1.29 is 14.3 Å². The second-order valence-electron chi connectivity index (χ2n) is 7.98. The summed E-state index contributed by atoms with van der Waals surface area (Å²) in [6, 6.07) is -0.808. The van der Waals surface area contributed by atoms with Gasteiger partial charge >= 0.3 is 6.09 Å². The molecule has 2 rings (SSSR count). The number of hydrogen-bond acceptors (Lipinski definition) is 4. The predicted octanol–water partition coefficient (Wildman–Crippen LogP) is 4.55. The summed E-state index contributed by atoms with van der Waals surface area (Å²) >= 11 is 0. The summed E-state index contributed by atoms with van der Waals surface area (Å²) in [6.07, 6.45) is 12.6. The lowest BCUT2D eigenvalue weighted by Gasteiger charge is -2.30. The van der Waals surface area contributed by atoms with Gasteiger partial charge in [-0.15, -0.1) is 0 Å². The van der Waals surface area contributed by atoms with E-state index in [0.29, 0.717) is 6.54 Å². The van der Waals surface area contributed by atoms with Crippen LogP contribution in [0.5, 0.6) is 0 Å². The molecule has 1 aromatic rings. The maximum absolute atomic E-state index is 13.3. The van der Waals surface area contributed by atoms with Gasteiger partial charge in [0.15, 0.2) is 0 Å². The van der Waals surface area contributed by atoms with Crippen molar-refractivity contribution in [3.05, 3.63) is 60.2 Å². The molecule has 0 spiro atoms. The number of rotatable bonds is 8. The van der Waals surface area contributed by atoms with Gasteiger partial charge in [0.1, 0.15) is 11.9 Å². The van der Waals surface area contributed by atoms with E-state index in [4.69, 9.17) is 4.74 Å². The molecule has 0 saturated carbocycles. The van der Waals surface area contributed by atoms with Gasteiger partial charge in [0, 0.05) is 6.54 Å². The first-order chi connectivity index (χ1) is 14.8. The lowest BCUT2D eigenvalue weighted by atomic mass is 10.0. The van der Waals surface area contributed by atoms with Gasteiger partial charge < -0.3 is 19.9 Å². The minimum absolute atomic E-state index is 0.0677. The van der Waals surface area contributed by atoms with Gasteiger partial charge in [0.2, 0.25) is 5.91 Å². The van der Waals surface area contributed by atoms with Crippen LogP contribution < -0.4 is 5.32 Å². The molecule has 0 aliphatic carbocycles. The summed E-state index contributed by atoms with van der Waals surface area (Å²) in [5, 5.41) is 2.67. The number of carbonyl (C=O) groups excluding carboxylic acids is 2. The number of allylic oxidation sites excluding steroid dienone is 7. The van der Waals surface area contributed by atoms with E-state index in [2.05, 4.69) is 27.9 Å². The Morgan fingerprint density at radius 1 is 1.42 bits per heavy atom. The number of nitrogens with zero attached hydrogens (tertiary/aromatic N) is 2. The van der Waals surface area contributed by atoms with Crippen LogP contribution in [0, 0.1) is 5.92 Å². The third-order valence-corrected chi connectivity index (χ3v) is 5.26. The van der Waals surface area contributed by atoms with Crippen molar-refractivity contribution in [1.82, 2.24) is 20.2 Å². The summed E-state index contributed by atoms with van der Waals surface area (Å²) in [7, 11) is 1.29. The molecule has 0 radical (unpaired) electrons. The molecule has 31 heavy (non-hydrogen) atoms. The standard InChI is InChI=1S/C24H34N4O3/c1-7-10-17(5)14-18(11-8-2)19-15-25-22(26-19)20-12-9-13-28(20)23(29)21(16(3)4)27-24(30)31-6/h7-8,10-11,14-16,20-21H,2,9,12-13H2,1,3-6H3,(H,25,26)(H,27,30)/b10-7-,17-14+,18-11+/t20-,21-/m0/s1. The van der Waals surface area contributed by atoms with Crippen LogP contribution in [0.15, 0.2) is 48.7 Å². The highest BCUT2D eigenvalue weighted by Gasteiger charge is 2.37. The molecular formula is C24H34N4O3. The van der Waals surface area contributed by atoms with Gasteiger partial charge in [-0.2, -0.15) is 0 Å². The van der Waals surface area contributed by atoms with Crippen molar-refractivity contribution >= 4 is 17.6 Å². The normalized spacial score (nSPS) is 18.5. The number of nitrogens with one attached hydrogen (secondary N) is 2. The second kappa shape index (κ2) is 11.3. The molecule has 1 saturated heterocycles. The van der Waals surface area contributed by atoms with Crippen LogP contribution in [0.1, 0.15) is 58.1 Å². The van der Waals surface area contributed by atoms with Gasteiger partial charge in [-0.25, -0.2) is 9.78 Å². The van der Waals surface area contributed by atoms with Crippen LogP contribution in [0.4, 0.5) is 4.79 Å². The molecule has 7 nitrogen and oxygen atoms in total. The third-order valence-electron chi connectivity index (χ3n) is 5.26. The van der Waals surface area contributed by atoms with E-state index < -0.39 is 12.1 Å². The first kappa shape index (κ1) is 24.2. The van der Waals surface area contributed by atoms with Crippen molar-refractivity contribution in [2.24, 2.45) is 5.92 Å². The quantitative estimate of drug-likeness (QED) is 0.597. The van der Waals surface area contributed by atoms with E-state index in [1.54, 1.807) is 17.2 Å². The molecule has 0 aromatic carbocycles. The Labute approximate surface area is 185 Å². The number of aromatic nitrogens is 2. The van der Waals surface area contributed by atoms with Crippen LogP contribution in [-0.4, -0.2) is 46.6 Å². The highest BCUT2D eigenvalue weighted by atomic mass is 16.5. The summed E-state index contributed by atoms with van der Waals surface area (Å²) in [5.41, 5.74) is 2.94.